The molecule has 110 valence electrons. The zero-order valence-electron chi connectivity index (χ0n) is 12.2. The van der Waals surface area contributed by atoms with E-state index in [1.165, 1.54) is 18.9 Å². The van der Waals surface area contributed by atoms with Crippen molar-refractivity contribution in [3.63, 3.8) is 0 Å². The van der Waals surface area contributed by atoms with Crippen LogP contribution in [-0.2, 0) is 13.1 Å². The van der Waals surface area contributed by atoms with Crippen LogP contribution in [0.25, 0.3) is 0 Å². The molecule has 1 saturated carbocycles. The van der Waals surface area contributed by atoms with Crippen LogP contribution in [0.2, 0.25) is 0 Å². The van der Waals surface area contributed by atoms with Gasteiger partial charge in [0, 0.05) is 25.3 Å². The third kappa shape index (κ3) is 4.02. The van der Waals surface area contributed by atoms with Gasteiger partial charge in [0.1, 0.15) is 5.82 Å². The Bertz CT molecular complexity index is 610. The lowest BCUT2D eigenvalue weighted by molar-refractivity contribution is 0.627. The number of anilines is 1. The second kappa shape index (κ2) is 6.22. The molecule has 1 aliphatic rings. The van der Waals surface area contributed by atoms with Crippen molar-refractivity contribution >= 4 is 5.69 Å². The van der Waals surface area contributed by atoms with E-state index in [1.807, 2.05) is 36.2 Å². The molecule has 0 amide bonds. The number of pyridine rings is 1. The van der Waals surface area contributed by atoms with E-state index < -0.39 is 0 Å². The molecule has 1 fully saturated rings. The van der Waals surface area contributed by atoms with Gasteiger partial charge in [0.15, 0.2) is 0 Å². The van der Waals surface area contributed by atoms with Gasteiger partial charge in [0.25, 0.3) is 0 Å². The summed E-state index contributed by atoms with van der Waals surface area (Å²) in [6.07, 6.45) is 2.56. The molecule has 3 rings (SSSR count). The SMILES string of the molecule is CN(Cc1cccc(CNC2CC2)n1)c1cccc(F)c1. The summed E-state index contributed by atoms with van der Waals surface area (Å²) in [5, 5.41) is 3.47. The van der Waals surface area contributed by atoms with Crippen LogP contribution >= 0.6 is 0 Å². The van der Waals surface area contributed by atoms with Gasteiger partial charge in [-0.2, -0.15) is 0 Å². The summed E-state index contributed by atoms with van der Waals surface area (Å²) in [6, 6.07) is 13.4. The summed E-state index contributed by atoms with van der Waals surface area (Å²) < 4.78 is 13.3. The lowest BCUT2D eigenvalue weighted by atomic mass is 10.2. The number of hydrogen-bond acceptors (Lipinski definition) is 3. The Labute approximate surface area is 124 Å². The lowest BCUT2D eigenvalue weighted by Gasteiger charge is -2.19. The minimum atomic E-state index is -0.213. The quantitative estimate of drug-likeness (QED) is 0.884. The first-order valence-electron chi connectivity index (χ1n) is 7.35. The smallest absolute Gasteiger partial charge is 0.125 e. The molecular weight excluding hydrogens is 265 g/mol. The average Bonchev–Trinajstić information content (AvgIpc) is 3.30. The molecule has 1 aliphatic carbocycles. The zero-order valence-corrected chi connectivity index (χ0v) is 12.2. The maximum absolute atomic E-state index is 13.3. The van der Waals surface area contributed by atoms with Crippen LogP contribution in [0.1, 0.15) is 24.2 Å². The van der Waals surface area contributed by atoms with Crippen LogP contribution in [0.15, 0.2) is 42.5 Å². The Hall–Kier alpha value is -1.94. The highest BCUT2D eigenvalue weighted by atomic mass is 19.1. The highest BCUT2D eigenvalue weighted by molar-refractivity contribution is 5.45. The average molecular weight is 285 g/mol. The molecule has 0 unspecified atom stereocenters. The summed E-state index contributed by atoms with van der Waals surface area (Å²) >= 11 is 0. The second-order valence-corrected chi connectivity index (χ2v) is 5.61. The van der Waals surface area contributed by atoms with Crippen molar-refractivity contribution in [3.05, 3.63) is 59.7 Å². The van der Waals surface area contributed by atoms with Gasteiger partial charge in [0.05, 0.1) is 17.9 Å². The number of rotatable bonds is 6. The molecule has 0 aliphatic heterocycles. The first-order valence-corrected chi connectivity index (χ1v) is 7.35. The van der Waals surface area contributed by atoms with Gasteiger partial charge in [0.2, 0.25) is 0 Å². The fourth-order valence-electron chi connectivity index (χ4n) is 2.30. The van der Waals surface area contributed by atoms with Gasteiger partial charge in [-0.1, -0.05) is 12.1 Å². The van der Waals surface area contributed by atoms with Gasteiger partial charge in [-0.05, 0) is 43.2 Å². The first-order chi connectivity index (χ1) is 10.2. The fourth-order valence-corrected chi connectivity index (χ4v) is 2.30. The molecule has 1 heterocycles. The van der Waals surface area contributed by atoms with Crippen LogP contribution in [-0.4, -0.2) is 18.1 Å². The van der Waals surface area contributed by atoms with Gasteiger partial charge >= 0.3 is 0 Å². The fraction of sp³-hybridized carbons (Fsp3) is 0.353. The maximum Gasteiger partial charge on any atom is 0.125 e. The van der Waals surface area contributed by atoms with Crippen molar-refractivity contribution in [3.8, 4) is 0 Å². The normalized spacial score (nSPS) is 14.2. The Kier molecular flexibility index (Phi) is 4.15. The Morgan fingerprint density at radius 3 is 2.71 bits per heavy atom. The molecule has 4 heteroatoms. The predicted octanol–water partition coefficient (Wildman–Crippen LogP) is 3.11. The molecule has 0 saturated heterocycles. The predicted molar refractivity (Wildman–Crippen MR) is 82.6 cm³/mol. The highest BCUT2D eigenvalue weighted by Crippen LogP contribution is 2.19. The Balaban J connectivity index is 1.64. The topological polar surface area (TPSA) is 28.2 Å². The van der Waals surface area contributed by atoms with E-state index in [2.05, 4.69) is 10.3 Å². The van der Waals surface area contributed by atoms with E-state index in [4.69, 9.17) is 0 Å². The zero-order chi connectivity index (χ0) is 14.7. The van der Waals surface area contributed by atoms with E-state index in [1.54, 1.807) is 12.1 Å². The molecule has 0 spiro atoms. The van der Waals surface area contributed by atoms with Crippen LogP contribution in [0.5, 0.6) is 0 Å². The van der Waals surface area contributed by atoms with Crippen molar-refractivity contribution in [1.82, 2.24) is 10.3 Å². The van der Waals surface area contributed by atoms with Crippen molar-refractivity contribution < 1.29 is 4.39 Å². The first kappa shape index (κ1) is 14.0. The van der Waals surface area contributed by atoms with E-state index in [-0.39, 0.29) is 5.82 Å². The number of hydrogen-bond donors (Lipinski definition) is 1. The summed E-state index contributed by atoms with van der Waals surface area (Å²) in [5.74, 6) is -0.213. The van der Waals surface area contributed by atoms with Crippen molar-refractivity contribution in [1.29, 1.82) is 0 Å². The largest absolute Gasteiger partial charge is 0.369 e. The Morgan fingerprint density at radius 1 is 1.19 bits per heavy atom. The molecule has 1 aromatic carbocycles. The van der Waals surface area contributed by atoms with Crippen LogP contribution in [0.4, 0.5) is 10.1 Å². The summed E-state index contributed by atoms with van der Waals surface area (Å²) in [7, 11) is 1.95. The number of aromatic nitrogens is 1. The molecule has 0 bridgehead atoms. The molecule has 1 N–H and O–H groups in total. The maximum atomic E-state index is 13.3. The van der Waals surface area contributed by atoms with Gasteiger partial charge in [-0.3, -0.25) is 4.98 Å². The number of benzene rings is 1. The minimum absolute atomic E-state index is 0.213. The molecule has 2 aromatic rings. The van der Waals surface area contributed by atoms with E-state index >= 15 is 0 Å². The molecule has 3 nitrogen and oxygen atoms in total. The van der Waals surface area contributed by atoms with Crippen LogP contribution in [0, 0.1) is 5.82 Å². The van der Waals surface area contributed by atoms with Gasteiger partial charge < -0.3 is 10.2 Å². The molecule has 0 radical (unpaired) electrons. The second-order valence-electron chi connectivity index (χ2n) is 5.61. The van der Waals surface area contributed by atoms with E-state index in [9.17, 15) is 4.39 Å². The third-order valence-electron chi connectivity index (χ3n) is 3.66. The molecule has 1 aromatic heterocycles. The minimum Gasteiger partial charge on any atom is -0.369 e. The summed E-state index contributed by atoms with van der Waals surface area (Å²) in [5.41, 5.74) is 2.92. The van der Waals surface area contributed by atoms with Crippen LogP contribution in [0.3, 0.4) is 0 Å². The number of halogens is 1. The summed E-state index contributed by atoms with van der Waals surface area (Å²) in [6.45, 7) is 1.49. The number of nitrogens with zero attached hydrogens (tertiary/aromatic N) is 2. The van der Waals surface area contributed by atoms with Crippen LogP contribution < -0.4 is 10.2 Å². The monoisotopic (exact) mass is 285 g/mol. The van der Waals surface area contributed by atoms with Crippen molar-refractivity contribution in [2.24, 2.45) is 0 Å². The summed E-state index contributed by atoms with van der Waals surface area (Å²) in [4.78, 5) is 6.67. The molecular formula is C17H20FN3. The lowest BCUT2D eigenvalue weighted by Crippen LogP contribution is -2.19. The van der Waals surface area contributed by atoms with Crippen molar-refractivity contribution in [2.75, 3.05) is 11.9 Å². The van der Waals surface area contributed by atoms with E-state index in [0.29, 0.717) is 12.6 Å². The Morgan fingerprint density at radius 2 is 1.95 bits per heavy atom. The molecule has 0 atom stereocenters. The van der Waals surface area contributed by atoms with Crippen molar-refractivity contribution in [2.45, 2.75) is 32.0 Å². The number of nitrogens with one attached hydrogen (secondary N) is 1. The van der Waals surface area contributed by atoms with Gasteiger partial charge in [-0.15, -0.1) is 0 Å². The third-order valence-corrected chi connectivity index (χ3v) is 3.66. The highest BCUT2D eigenvalue weighted by Gasteiger charge is 2.20. The van der Waals surface area contributed by atoms with Gasteiger partial charge in [-0.25, -0.2) is 4.39 Å². The van der Waals surface area contributed by atoms with E-state index in [0.717, 1.165) is 23.6 Å². The standard InChI is InChI=1S/C17H20FN3/c1-21(17-7-2-4-13(18)10-17)12-16-6-3-5-15(20-16)11-19-14-8-9-14/h2-7,10,14,19H,8-9,11-12H2,1H3. The molecule has 21 heavy (non-hydrogen) atoms.